The molecule has 0 bridgehead atoms. The van der Waals surface area contributed by atoms with Crippen molar-refractivity contribution in [1.29, 1.82) is 0 Å². The van der Waals surface area contributed by atoms with Crippen LogP contribution in [0.5, 0.6) is 0 Å². The van der Waals surface area contributed by atoms with Gasteiger partial charge < -0.3 is 5.32 Å². The third kappa shape index (κ3) is 2.91. The molecule has 4 nitrogen and oxygen atoms in total. The van der Waals surface area contributed by atoms with Crippen LogP contribution >= 0.6 is 11.3 Å². The van der Waals surface area contributed by atoms with Crippen LogP contribution in [0.1, 0.15) is 51.1 Å². The highest BCUT2D eigenvalue weighted by molar-refractivity contribution is 7.20. The SMILES string of the molecule is Cc1ccc(F)c(NC(=O)c2sc3nc(C4CC4)nc(C)c3c2C)c1. The van der Waals surface area contributed by atoms with E-state index in [0.29, 0.717) is 10.8 Å². The maximum atomic E-state index is 13.9. The standard InChI is InChI=1S/C19H18FN3OS/c1-9-4-7-13(20)14(8-9)22-18(24)16-10(2)15-11(3)21-17(12-5-6-12)23-19(15)25-16/h4,7-8,12H,5-6H2,1-3H3,(H,22,24). The summed E-state index contributed by atoms with van der Waals surface area (Å²) < 4.78 is 13.9. The van der Waals surface area contributed by atoms with Gasteiger partial charge in [0.15, 0.2) is 0 Å². The van der Waals surface area contributed by atoms with Gasteiger partial charge in [-0.1, -0.05) is 6.07 Å². The Hall–Kier alpha value is -2.34. The molecule has 1 N–H and O–H groups in total. The highest BCUT2D eigenvalue weighted by atomic mass is 32.1. The predicted molar refractivity (Wildman–Crippen MR) is 98.0 cm³/mol. The minimum absolute atomic E-state index is 0.198. The van der Waals surface area contributed by atoms with Gasteiger partial charge in [-0.3, -0.25) is 4.79 Å². The second kappa shape index (κ2) is 5.88. The molecule has 25 heavy (non-hydrogen) atoms. The Kier molecular flexibility index (Phi) is 3.80. The molecule has 0 atom stereocenters. The summed E-state index contributed by atoms with van der Waals surface area (Å²) in [6, 6.07) is 4.67. The number of halogens is 1. The van der Waals surface area contributed by atoms with E-state index in [4.69, 9.17) is 0 Å². The highest BCUT2D eigenvalue weighted by Gasteiger charge is 2.28. The molecule has 1 saturated carbocycles. The number of hydrogen-bond acceptors (Lipinski definition) is 4. The van der Waals surface area contributed by atoms with Crippen LogP contribution in [0.25, 0.3) is 10.2 Å². The van der Waals surface area contributed by atoms with E-state index in [1.807, 2.05) is 20.8 Å². The van der Waals surface area contributed by atoms with Crippen LogP contribution in [0.3, 0.4) is 0 Å². The van der Waals surface area contributed by atoms with Crippen molar-refractivity contribution in [2.24, 2.45) is 0 Å². The Bertz CT molecular complexity index is 1010. The molecule has 1 aliphatic rings. The van der Waals surface area contributed by atoms with Crippen LogP contribution < -0.4 is 5.32 Å². The molecule has 0 saturated heterocycles. The molecule has 0 radical (unpaired) electrons. The zero-order valence-electron chi connectivity index (χ0n) is 14.3. The number of anilines is 1. The summed E-state index contributed by atoms with van der Waals surface area (Å²) in [5.41, 5.74) is 2.84. The molecule has 2 aromatic heterocycles. The van der Waals surface area contributed by atoms with E-state index in [0.717, 1.165) is 45.7 Å². The fourth-order valence-corrected chi connectivity index (χ4v) is 4.15. The van der Waals surface area contributed by atoms with Crippen molar-refractivity contribution in [2.45, 2.75) is 39.5 Å². The first-order valence-electron chi connectivity index (χ1n) is 8.29. The maximum Gasteiger partial charge on any atom is 0.266 e. The van der Waals surface area contributed by atoms with Gasteiger partial charge in [0.2, 0.25) is 0 Å². The number of amides is 1. The third-order valence-corrected chi connectivity index (χ3v) is 5.69. The highest BCUT2D eigenvalue weighted by Crippen LogP contribution is 2.40. The lowest BCUT2D eigenvalue weighted by Gasteiger charge is -2.07. The third-order valence-electron chi connectivity index (χ3n) is 4.51. The lowest BCUT2D eigenvalue weighted by molar-refractivity contribution is 0.102. The van der Waals surface area contributed by atoms with E-state index >= 15 is 0 Å². The van der Waals surface area contributed by atoms with E-state index in [1.54, 1.807) is 12.1 Å². The minimum atomic E-state index is -0.440. The molecule has 1 amide bonds. The first kappa shape index (κ1) is 16.1. The molecule has 6 heteroatoms. The molecule has 1 aliphatic carbocycles. The average molecular weight is 355 g/mol. The first-order chi connectivity index (χ1) is 11.9. The van der Waals surface area contributed by atoms with Crippen molar-refractivity contribution < 1.29 is 9.18 Å². The minimum Gasteiger partial charge on any atom is -0.319 e. The first-order valence-corrected chi connectivity index (χ1v) is 9.11. The van der Waals surface area contributed by atoms with E-state index in [-0.39, 0.29) is 11.6 Å². The number of thiophene rings is 1. The molecule has 1 aromatic carbocycles. The number of aryl methyl sites for hydroxylation is 3. The Morgan fingerprint density at radius 2 is 2.00 bits per heavy atom. The molecule has 0 unspecified atom stereocenters. The summed E-state index contributed by atoms with van der Waals surface area (Å²) in [5, 5.41) is 3.62. The van der Waals surface area contributed by atoms with E-state index in [2.05, 4.69) is 15.3 Å². The predicted octanol–water partition coefficient (Wildman–Crippen LogP) is 4.89. The number of rotatable bonds is 3. The van der Waals surface area contributed by atoms with Gasteiger partial charge in [0.1, 0.15) is 16.5 Å². The lowest BCUT2D eigenvalue weighted by Crippen LogP contribution is -2.12. The second-order valence-electron chi connectivity index (χ2n) is 6.62. The molecule has 2 heterocycles. The molecule has 0 spiro atoms. The number of nitrogens with zero attached hydrogens (tertiary/aromatic N) is 2. The van der Waals surface area contributed by atoms with Gasteiger partial charge in [0.25, 0.3) is 5.91 Å². The number of aromatic nitrogens is 2. The molecule has 128 valence electrons. The van der Waals surface area contributed by atoms with Crippen LogP contribution in [0.15, 0.2) is 18.2 Å². The van der Waals surface area contributed by atoms with Gasteiger partial charge in [-0.2, -0.15) is 0 Å². The van der Waals surface area contributed by atoms with Gasteiger partial charge in [0, 0.05) is 11.3 Å². The number of fused-ring (bicyclic) bond motifs is 1. The summed E-state index contributed by atoms with van der Waals surface area (Å²) in [6.07, 6.45) is 2.27. The summed E-state index contributed by atoms with van der Waals surface area (Å²) in [7, 11) is 0. The molecule has 3 aromatic rings. The number of benzene rings is 1. The quantitative estimate of drug-likeness (QED) is 0.728. The van der Waals surface area contributed by atoms with Crippen LogP contribution in [-0.4, -0.2) is 15.9 Å². The van der Waals surface area contributed by atoms with Crippen molar-refractivity contribution in [3.8, 4) is 0 Å². The Morgan fingerprint density at radius 1 is 1.24 bits per heavy atom. The molecule has 4 rings (SSSR count). The topological polar surface area (TPSA) is 54.9 Å². The zero-order valence-corrected chi connectivity index (χ0v) is 15.1. The van der Waals surface area contributed by atoms with Crippen molar-refractivity contribution in [1.82, 2.24) is 9.97 Å². The summed E-state index contributed by atoms with van der Waals surface area (Å²) in [5.74, 6) is 0.592. The van der Waals surface area contributed by atoms with Crippen molar-refractivity contribution in [3.63, 3.8) is 0 Å². The monoisotopic (exact) mass is 355 g/mol. The lowest BCUT2D eigenvalue weighted by atomic mass is 10.1. The summed E-state index contributed by atoms with van der Waals surface area (Å²) in [4.78, 5) is 23.4. The fourth-order valence-electron chi connectivity index (χ4n) is 3.01. The molecule has 0 aliphatic heterocycles. The van der Waals surface area contributed by atoms with E-state index in [1.165, 1.54) is 17.4 Å². The molecular weight excluding hydrogens is 337 g/mol. The summed E-state index contributed by atoms with van der Waals surface area (Å²) >= 11 is 1.35. The second-order valence-corrected chi connectivity index (χ2v) is 7.61. The summed E-state index contributed by atoms with van der Waals surface area (Å²) in [6.45, 7) is 5.71. The average Bonchev–Trinajstić information content (AvgIpc) is 3.35. The van der Waals surface area contributed by atoms with Crippen LogP contribution in [0.2, 0.25) is 0 Å². The zero-order chi connectivity index (χ0) is 17.7. The number of carbonyl (C=O) groups is 1. The Balaban J connectivity index is 1.73. The largest absolute Gasteiger partial charge is 0.319 e. The van der Waals surface area contributed by atoms with Crippen LogP contribution in [-0.2, 0) is 0 Å². The van der Waals surface area contributed by atoms with Crippen molar-refractivity contribution in [2.75, 3.05) is 5.32 Å². The van der Waals surface area contributed by atoms with Gasteiger partial charge in [-0.05, 0) is 56.9 Å². The van der Waals surface area contributed by atoms with Gasteiger partial charge >= 0.3 is 0 Å². The molecule has 1 fully saturated rings. The normalized spacial score (nSPS) is 14.1. The Labute approximate surface area is 149 Å². The van der Waals surface area contributed by atoms with Gasteiger partial charge in [0.05, 0.1) is 16.3 Å². The van der Waals surface area contributed by atoms with Crippen molar-refractivity contribution >= 4 is 33.1 Å². The Morgan fingerprint density at radius 3 is 2.72 bits per heavy atom. The number of hydrogen-bond donors (Lipinski definition) is 1. The van der Waals surface area contributed by atoms with Crippen LogP contribution in [0.4, 0.5) is 10.1 Å². The fraction of sp³-hybridized carbons (Fsp3) is 0.316. The van der Waals surface area contributed by atoms with E-state index in [9.17, 15) is 9.18 Å². The van der Waals surface area contributed by atoms with Gasteiger partial charge in [-0.25, -0.2) is 14.4 Å². The van der Waals surface area contributed by atoms with Crippen LogP contribution in [0, 0.1) is 26.6 Å². The molecular formula is C19H18FN3OS. The smallest absolute Gasteiger partial charge is 0.266 e. The number of carbonyl (C=O) groups excluding carboxylic acids is 1. The van der Waals surface area contributed by atoms with Crippen molar-refractivity contribution in [3.05, 3.63) is 51.5 Å². The number of nitrogens with one attached hydrogen (secondary N) is 1. The van der Waals surface area contributed by atoms with Gasteiger partial charge in [-0.15, -0.1) is 11.3 Å². The maximum absolute atomic E-state index is 13.9. The van der Waals surface area contributed by atoms with E-state index < -0.39 is 5.82 Å².